The average molecular weight is 431 g/mol. The first kappa shape index (κ1) is 22.3. The standard InChI is InChI=1S/C28H34N2O2/c1-4-14-29-27(32)28(12-15-30(16-13-28)26(31)25-17-21(25)3)19-22-9-7-10-23(18-22)24-11-6-5-8-20(24)2/h4-11,18,21,25H,1,12-17,19H2,2-3H3,(H,29,32). The summed E-state index contributed by atoms with van der Waals surface area (Å²) < 4.78 is 0. The van der Waals surface area contributed by atoms with Gasteiger partial charge in [0, 0.05) is 25.6 Å². The second-order valence-electron chi connectivity index (χ2n) is 9.62. The molecule has 2 aliphatic rings. The largest absolute Gasteiger partial charge is 0.352 e. The molecule has 4 nitrogen and oxygen atoms in total. The maximum Gasteiger partial charge on any atom is 0.226 e. The van der Waals surface area contributed by atoms with Crippen LogP contribution in [-0.4, -0.2) is 36.3 Å². The molecule has 32 heavy (non-hydrogen) atoms. The molecular formula is C28H34N2O2. The van der Waals surface area contributed by atoms with Gasteiger partial charge in [0.15, 0.2) is 0 Å². The Morgan fingerprint density at radius 2 is 1.88 bits per heavy atom. The summed E-state index contributed by atoms with van der Waals surface area (Å²) in [6.45, 7) is 9.78. The molecule has 0 radical (unpaired) electrons. The smallest absolute Gasteiger partial charge is 0.226 e. The van der Waals surface area contributed by atoms with E-state index in [9.17, 15) is 9.59 Å². The lowest BCUT2D eigenvalue weighted by molar-refractivity contribution is -0.141. The van der Waals surface area contributed by atoms with Gasteiger partial charge in [-0.3, -0.25) is 9.59 Å². The van der Waals surface area contributed by atoms with Gasteiger partial charge in [-0.05, 0) is 60.8 Å². The second kappa shape index (κ2) is 9.32. The number of likely N-dealkylation sites (tertiary alicyclic amines) is 1. The van der Waals surface area contributed by atoms with Crippen LogP contribution < -0.4 is 5.32 Å². The fourth-order valence-corrected chi connectivity index (χ4v) is 5.03. The zero-order chi connectivity index (χ0) is 22.7. The molecule has 2 fully saturated rings. The van der Waals surface area contributed by atoms with Crippen LogP contribution in [0.2, 0.25) is 0 Å². The van der Waals surface area contributed by atoms with Crippen LogP contribution in [0.3, 0.4) is 0 Å². The number of hydrogen-bond acceptors (Lipinski definition) is 2. The highest BCUT2D eigenvalue weighted by Crippen LogP contribution is 2.42. The number of piperidine rings is 1. The van der Waals surface area contributed by atoms with E-state index in [1.807, 2.05) is 4.90 Å². The Bertz CT molecular complexity index is 1000. The predicted octanol–water partition coefficient (Wildman–Crippen LogP) is 4.77. The Morgan fingerprint density at radius 3 is 2.53 bits per heavy atom. The first-order chi connectivity index (χ1) is 15.4. The van der Waals surface area contributed by atoms with Crippen molar-refractivity contribution in [3.8, 4) is 11.1 Å². The summed E-state index contributed by atoms with van der Waals surface area (Å²) in [6, 6.07) is 16.9. The van der Waals surface area contributed by atoms with E-state index in [0.29, 0.717) is 44.8 Å². The van der Waals surface area contributed by atoms with Gasteiger partial charge in [0.1, 0.15) is 0 Å². The van der Waals surface area contributed by atoms with Gasteiger partial charge in [-0.25, -0.2) is 0 Å². The van der Waals surface area contributed by atoms with Crippen molar-refractivity contribution in [2.75, 3.05) is 19.6 Å². The molecule has 2 aromatic carbocycles. The number of nitrogens with one attached hydrogen (secondary N) is 1. The van der Waals surface area contributed by atoms with Crippen LogP contribution in [0.25, 0.3) is 11.1 Å². The molecule has 2 unspecified atom stereocenters. The topological polar surface area (TPSA) is 49.4 Å². The number of rotatable bonds is 7. The number of aryl methyl sites for hydroxylation is 1. The summed E-state index contributed by atoms with van der Waals surface area (Å²) in [4.78, 5) is 28.0. The summed E-state index contributed by atoms with van der Waals surface area (Å²) in [6.07, 6.45) is 4.79. The summed E-state index contributed by atoms with van der Waals surface area (Å²) in [5, 5.41) is 3.04. The van der Waals surface area contributed by atoms with Crippen molar-refractivity contribution >= 4 is 11.8 Å². The quantitative estimate of drug-likeness (QED) is 0.643. The Balaban J connectivity index is 1.55. The van der Waals surface area contributed by atoms with Gasteiger partial charge < -0.3 is 10.2 Å². The van der Waals surface area contributed by atoms with Crippen LogP contribution in [0, 0.1) is 24.2 Å². The Kier molecular flexibility index (Phi) is 6.50. The third-order valence-electron chi connectivity index (χ3n) is 7.27. The van der Waals surface area contributed by atoms with Gasteiger partial charge in [-0.2, -0.15) is 0 Å². The summed E-state index contributed by atoms with van der Waals surface area (Å²) in [5.74, 6) is 1.06. The van der Waals surface area contributed by atoms with E-state index >= 15 is 0 Å². The van der Waals surface area contributed by atoms with Crippen LogP contribution in [-0.2, 0) is 16.0 Å². The monoisotopic (exact) mass is 430 g/mol. The second-order valence-corrected chi connectivity index (χ2v) is 9.62. The zero-order valence-corrected chi connectivity index (χ0v) is 19.3. The van der Waals surface area contributed by atoms with E-state index in [0.717, 1.165) is 12.0 Å². The molecule has 2 atom stereocenters. The van der Waals surface area contributed by atoms with Gasteiger partial charge in [0.2, 0.25) is 11.8 Å². The lowest BCUT2D eigenvalue weighted by atomic mass is 9.72. The first-order valence-electron chi connectivity index (χ1n) is 11.8. The van der Waals surface area contributed by atoms with E-state index in [4.69, 9.17) is 0 Å². The van der Waals surface area contributed by atoms with E-state index in [1.54, 1.807) is 6.08 Å². The third-order valence-corrected chi connectivity index (χ3v) is 7.27. The number of carbonyl (C=O) groups is 2. The Labute approximate surface area is 191 Å². The molecule has 4 rings (SSSR count). The van der Waals surface area contributed by atoms with E-state index < -0.39 is 5.41 Å². The molecule has 0 spiro atoms. The highest BCUT2D eigenvalue weighted by molar-refractivity contribution is 5.85. The molecular weight excluding hydrogens is 396 g/mol. The molecule has 1 saturated heterocycles. The van der Waals surface area contributed by atoms with Gasteiger partial charge in [0.05, 0.1) is 5.41 Å². The number of hydrogen-bond donors (Lipinski definition) is 1. The lowest BCUT2D eigenvalue weighted by Gasteiger charge is -2.41. The molecule has 1 heterocycles. The highest BCUT2D eigenvalue weighted by Gasteiger charge is 2.46. The van der Waals surface area contributed by atoms with Crippen LogP contribution in [0.15, 0.2) is 61.2 Å². The maximum atomic E-state index is 13.3. The van der Waals surface area contributed by atoms with Crippen LogP contribution >= 0.6 is 0 Å². The van der Waals surface area contributed by atoms with Crippen LogP contribution in [0.5, 0.6) is 0 Å². The maximum absolute atomic E-state index is 13.3. The van der Waals surface area contributed by atoms with E-state index in [1.165, 1.54) is 16.7 Å². The average Bonchev–Trinajstić information content (AvgIpc) is 3.54. The molecule has 0 aromatic heterocycles. The summed E-state index contributed by atoms with van der Waals surface area (Å²) in [7, 11) is 0. The molecule has 4 heteroatoms. The van der Waals surface area contributed by atoms with Gasteiger partial charge in [-0.1, -0.05) is 61.5 Å². The highest BCUT2D eigenvalue weighted by atomic mass is 16.2. The van der Waals surface area contributed by atoms with Crippen molar-refractivity contribution < 1.29 is 9.59 Å². The molecule has 168 valence electrons. The van der Waals surface area contributed by atoms with Crippen molar-refractivity contribution in [1.29, 1.82) is 0 Å². The van der Waals surface area contributed by atoms with Crippen molar-refractivity contribution in [3.63, 3.8) is 0 Å². The minimum absolute atomic E-state index is 0.0746. The molecule has 0 bridgehead atoms. The predicted molar refractivity (Wildman–Crippen MR) is 129 cm³/mol. The SMILES string of the molecule is C=CCNC(=O)C1(Cc2cccc(-c3ccccc3C)c2)CCN(C(=O)C2CC2C)CC1. The van der Waals surface area contributed by atoms with Crippen LogP contribution in [0.1, 0.15) is 37.3 Å². The fraction of sp³-hybridized carbons (Fsp3) is 0.429. The van der Waals surface area contributed by atoms with Gasteiger partial charge >= 0.3 is 0 Å². The van der Waals surface area contributed by atoms with E-state index in [-0.39, 0.29) is 17.7 Å². The molecule has 1 N–H and O–H groups in total. The van der Waals surface area contributed by atoms with E-state index in [2.05, 4.69) is 74.3 Å². The van der Waals surface area contributed by atoms with Gasteiger partial charge in [0.25, 0.3) is 0 Å². The summed E-state index contributed by atoms with van der Waals surface area (Å²) >= 11 is 0. The number of benzene rings is 2. The number of nitrogens with zero attached hydrogens (tertiary/aromatic N) is 1. The normalized spacial score (nSPS) is 21.6. The molecule has 1 aliphatic carbocycles. The fourth-order valence-electron chi connectivity index (χ4n) is 5.03. The summed E-state index contributed by atoms with van der Waals surface area (Å²) in [5.41, 5.74) is 4.30. The third kappa shape index (κ3) is 4.64. The van der Waals surface area contributed by atoms with Gasteiger partial charge in [-0.15, -0.1) is 6.58 Å². The lowest BCUT2D eigenvalue weighted by Crippen LogP contribution is -2.51. The first-order valence-corrected chi connectivity index (χ1v) is 11.8. The molecule has 2 amide bonds. The minimum Gasteiger partial charge on any atom is -0.352 e. The number of amides is 2. The van der Waals surface area contributed by atoms with Crippen molar-refractivity contribution in [2.45, 2.75) is 39.5 Å². The van der Waals surface area contributed by atoms with Crippen molar-refractivity contribution in [2.24, 2.45) is 17.3 Å². The minimum atomic E-state index is -0.501. The van der Waals surface area contributed by atoms with Crippen LogP contribution in [0.4, 0.5) is 0 Å². The van der Waals surface area contributed by atoms with Crippen molar-refractivity contribution in [1.82, 2.24) is 10.2 Å². The molecule has 1 saturated carbocycles. The Morgan fingerprint density at radius 1 is 1.16 bits per heavy atom. The number of carbonyl (C=O) groups excluding carboxylic acids is 2. The van der Waals surface area contributed by atoms with Crippen molar-refractivity contribution in [3.05, 3.63) is 72.3 Å². The Hall–Kier alpha value is -2.88. The molecule has 2 aromatic rings. The molecule has 1 aliphatic heterocycles. The zero-order valence-electron chi connectivity index (χ0n) is 19.3.